The van der Waals surface area contributed by atoms with Crippen LogP contribution in [0.25, 0.3) is 0 Å². The Morgan fingerprint density at radius 3 is 2.60 bits per heavy atom. The van der Waals surface area contributed by atoms with E-state index in [0.717, 1.165) is 25.9 Å². The summed E-state index contributed by atoms with van der Waals surface area (Å²) in [6.07, 6.45) is 2.29. The maximum absolute atomic E-state index is 7.05. The molecule has 1 fully saturated rings. The third-order valence-electron chi connectivity index (χ3n) is 1.58. The molecule has 0 saturated carbocycles. The van der Waals surface area contributed by atoms with E-state index < -0.39 is 0 Å². The molecule has 0 aromatic carbocycles. The van der Waals surface area contributed by atoms with E-state index in [9.17, 15) is 0 Å². The maximum atomic E-state index is 7.05. The highest BCUT2D eigenvalue weighted by Crippen LogP contribution is 2.18. The van der Waals surface area contributed by atoms with Gasteiger partial charge in [0.15, 0.2) is 5.17 Å². The lowest BCUT2D eigenvalue weighted by atomic mass is 10.2. The first-order chi connectivity index (χ1) is 4.79. The molecule has 0 aromatic rings. The Hall–Kier alpha value is -0.220. The molecule has 58 valence electrons. The third-order valence-corrected chi connectivity index (χ3v) is 2.64. The van der Waals surface area contributed by atoms with Crippen LogP contribution < -0.4 is 11.1 Å². The predicted molar refractivity (Wildman–Crippen MR) is 45.4 cm³/mol. The zero-order chi connectivity index (χ0) is 7.40. The number of nitrogens with two attached hydrogens (primary N) is 1. The lowest BCUT2D eigenvalue weighted by molar-refractivity contribution is 0.533. The van der Waals surface area contributed by atoms with Gasteiger partial charge in [-0.25, -0.2) is 0 Å². The van der Waals surface area contributed by atoms with Crippen LogP contribution in [0, 0.1) is 5.41 Å². The SMILES string of the molecule is N=C(N)SC1CCNCC1. The van der Waals surface area contributed by atoms with Gasteiger partial charge in [0, 0.05) is 5.25 Å². The molecule has 1 saturated heterocycles. The molecule has 4 heteroatoms. The van der Waals surface area contributed by atoms with Crippen molar-refractivity contribution in [2.24, 2.45) is 5.73 Å². The van der Waals surface area contributed by atoms with Crippen molar-refractivity contribution >= 4 is 16.9 Å². The van der Waals surface area contributed by atoms with Gasteiger partial charge in [0.2, 0.25) is 0 Å². The molecule has 0 atom stereocenters. The first kappa shape index (κ1) is 7.88. The predicted octanol–water partition coefficient (Wildman–Crippen LogP) is 0.365. The van der Waals surface area contributed by atoms with Crippen molar-refractivity contribution in [3.8, 4) is 0 Å². The summed E-state index contributed by atoms with van der Waals surface area (Å²) in [6, 6.07) is 0. The number of rotatable bonds is 1. The highest BCUT2D eigenvalue weighted by atomic mass is 32.2. The summed E-state index contributed by atoms with van der Waals surface area (Å²) >= 11 is 1.50. The van der Waals surface area contributed by atoms with Crippen molar-refractivity contribution in [1.29, 1.82) is 5.41 Å². The number of hydrogen-bond acceptors (Lipinski definition) is 3. The van der Waals surface area contributed by atoms with Crippen molar-refractivity contribution < 1.29 is 0 Å². The molecule has 1 heterocycles. The molecular weight excluding hydrogens is 146 g/mol. The quantitative estimate of drug-likeness (QED) is 0.382. The minimum Gasteiger partial charge on any atom is -0.379 e. The van der Waals surface area contributed by atoms with Crippen LogP contribution >= 0.6 is 11.8 Å². The minimum absolute atomic E-state index is 0.256. The Bertz CT molecular complexity index is 120. The van der Waals surface area contributed by atoms with Gasteiger partial charge in [0.1, 0.15) is 0 Å². The molecule has 10 heavy (non-hydrogen) atoms. The van der Waals surface area contributed by atoms with E-state index in [4.69, 9.17) is 11.1 Å². The van der Waals surface area contributed by atoms with E-state index in [2.05, 4.69) is 5.32 Å². The Balaban J connectivity index is 2.19. The molecule has 0 spiro atoms. The maximum Gasteiger partial charge on any atom is 0.151 e. The van der Waals surface area contributed by atoms with Crippen molar-refractivity contribution in [2.75, 3.05) is 13.1 Å². The molecule has 4 N–H and O–H groups in total. The number of nitrogens with one attached hydrogen (secondary N) is 2. The highest BCUT2D eigenvalue weighted by Gasteiger charge is 2.13. The summed E-state index contributed by atoms with van der Waals surface area (Å²) in [7, 11) is 0. The topological polar surface area (TPSA) is 61.9 Å². The zero-order valence-electron chi connectivity index (χ0n) is 5.89. The second-order valence-electron chi connectivity index (χ2n) is 2.43. The van der Waals surface area contributed by atoms with Gasteiger partial charge in [0.05, 0.1) is 0 Å². The molecule has 3 nitrogen and oxygen atoms in total. The molecule has 0 amide bonds. The lowest BCUT2D eigenvalue weighted by Gasteiger charge is -2.20. The van der Waals surface area contributed by atoms with Gasteiger partial charge in [-0.2, -0.15) is 0 Å². The number of thioether (sulfide) groups is 1. The lowest BCUT2D eigenvalue weighted by Crippen LogP contribution is -2.30. The van der Waals surface area contributed by atoms with Crippen molar-refractivity contribution in [3.05, 3.63) is 0 Å². The molecule has 0 unspecified atom stereocenters. The van der Waals surface area contributed by atoms with Gasteiger partial charge in [-0.3, -0.25) is 5.41 Å². The number of amidine groups is 1. The Labute approximate surface area is 65.3 Å². The van der Waals surface area contributed by atoms with Crippen LogP contribution in [-0.4, -0.2) is 23.5 Å². The molecule has 0 aliphatic carbocycles. The van der Waals surface area contributed by atoms with E-state index >= 15 is 0 Å². The standard InChI is InChI=1S/C6H13N3S/c7-6(8)10-5-1-3-9-4-2-5/h5,9H,1-4H2,(H3,7,8). The summed E-state index contributed by atoms with van der Waals surface area (Å²) in [5.74, 6) is 0. The zero-order valence-corrected chi connectivity index (χ0v) is 6.71. The molecule has 0 bridgehead atoms. The fourth-order valence-corrected chi connectivity index (χ4v) is 1.92. The highest BCUT2D eigenvalue weighted by molar-refractivity contribution is 8.14. The third kappa shape index (κ3) is 2.58. The molecule has 0 radical (unpaired) electrons. The van der Waals surface area contributed by atoms with Gasteiger partial charge >= 0.3 is 0 Å². The van der Waals surface area contributed by atoms with Crippen molar-refractivity contribution in [1.82, 2.24) is 5.32 Å². The summed E-state index contributed by atoms with van der Waals surface area (Å²) in [6.45, 7) is 2.15. The molecule has 1 aliphatic heterocycles. The van der Waals surface area contributed by atoms with Gasteiger partial charge in [-0.1, -0.05) is 11.8 Å². The van der Waals surface area contributed by atoms with Crippen LogP contribution in [0.15, 0.2) is 0 Å². The fourth-order valence-electron chi connectivity index (χ4n) is 1.09. The molecular formula is C6H13N3S. The van der Waals surface area contributed by atoms with Crippen LogP contribution in [-0.2, 0) is 0 Å². The first-order valence-corrected chi connectivity index (χ1v) is 4.38. The summed E-state index contributed by atoms with van der Waals surface area (Å²) in [5.41, 5.74) is 5.25. The van der Waals surface area contributed by atoms with Gasteiger partial charge < -0.3 is 11.1 Å². The Morgan fingerprint density at radius 1 is 1.50 bits per heavy atom. The summed E-state index contributed by atoms with van der Waals surface area (Å²) in [4.78, 5) is 0. The second-order valence-corrected chi connectivity index (χ2v) is 3.77. The molecule has 1 aliphatic rings. The largest absolute Gasteiger partial charge is 0.379 e. The smallest absolute Gasteiger partial charge is 0.151 e. The van der Waals surface area contributed by atoms with Crippen LogP contribution in [0.4, 0.5) is 0 Å². The monoisotopic (exact) mass is 159 g/mol. The average molecular weight is 159 g/mol. The minimum atomic E-state index is 0.256. The van der Waals surface area contributed by atoms with Crippen LogP contribution in [0.5, 0.6) is 0 Å². The number of piperidine rings is 1. The normalized spacial score (nSPS) is 20.8. The van der Waals surface area contributed by atoms with Crippen LogP contribution in [0.1, 0.15) is 12.8 Å². The molecule has 0 aromatic heterocycles. The van der Waals surface area contributed by atoms with Gasteiger partial charge in [0.25, 0.3) is 0 Å². The van der Waals surface area contributed by atoms with E-state index in [-0.39, 0.29) is 5.17 Å². The summed E-state index contributed by atoms with van der Waals surface area (Å²) < 4.78 is 0. The van der Waals surface area contributed by atoms with E-state index in [1.165, 1.54) is 11.8 Å². The van der Waals surface area contributed by atoms with Crippen LogP contribution in [0.2, 0.25) is 0 Å². The van der Waals surface area contributed by atoms with E-state index in [0.29, 0.717) is 5.25 Å². The van der Waals surface area contributed by atoms with Gasteiger partial charge in [-0.15, -0.1) is 0 Å². The average Bonchev–Trinajstić information content (AvgIpc) is 1.88. The van der Waals surface area contributed by atoms with E-state index in [1.54, 1.807) is 0 Å². The summed E-state index contributed by atoms with van der Waals surface area (Å²) in [5, 5.41) is 11.2. The Kier molecular flexibility index (Phi) is 3.02. The van der Waals surface area contributed by atoms with Crippen molar-refractivity contribution in [2.45, 2.75) is 18.1 Å². The van der Waals surface area contributed by atoms with Crippen LogP contribution in [0.3, 0.4) is 0 Å². The second kappa shape index (κ2) is 3.83. The first-order valence-electron chi connectivity index (χ1n) is 3.50. The van der Waals surface area contributed by atoms with Crippen molar-refractivity contribution in [3.63, 3.8) is 0 Å². The van der Waals surface area contributed by atoms with E-state index in [1.807, 2.05) is 0 Å². The fraction of sp³-hybridized carbons (Fsp3) is 0.833. The number of hydrogen-bond donors (Lipinski definition) is 3. The Morgan fingerprint density at radius 2 is 2.10 bits per heavy atom. The molecule has 1 rings (SSSR count). The van der Waals surface area contributed by atoms with Gasteiger partial charge in [-0.05, 0) is 25.9 Å².